The molecule has 4 rings (SSSR count). The van der Waals surface area contributed by atoms with E-state index in [1.807, 2.05) is 18.4 Å². The van der Waals surface area contributed by atoms with Gasteiger partial charge in [0.1, 0.15) is 23.6 Å². The highest BCUT2D eigenvalue weighted by Gasteiger charge is 2.24. The number of carbonyl (C=O) groups excluding carboxylic acids is 2. The van der Waals surface area contributed by atoms with Gasteiger partial charge in [-0.05, 0) is 44.5 Å². The lowest BCUT2D eigenvalue weighted by atomic mass is 10.0. The summed E-state index contributed by atoms with van der Waals surface area (Å²) in [5.41, 5.74) is 13.5. The van der Waals surface area contributed by atoms with Gasteiger partial charge in [0.05, 0.1) is 28.5 Å². The third kappa shape index (κ3) is 3.86. The van der Waals surface area contributed by atoms with Crippen molar-refractivity contribution < 1.29 is 14.0 Å². The largest absolute Gasteiger partial charge is 0.383 e. The van der Waals surface area contributed by atoms with Gasteiger partial charge in [-0.25, -0.2) is 19.2 Å². The molecule has 33 heavy (non-hydrogen) atoms. The number of ketones is 1. The van der Waals surface area contributed by atoms with E-state index in [0.29, 0.717) is 16.6 Å². The molecule has 0 aliphatic heterocycles. The minimum Gasteiger partial charge on any atom is -0.383 e. The summed E-state index contributed by atoms with van der Waals surface area (Å²) in [6.07, 6.45) is 5.70. The Balaban J connectivity index is 1.84. The van der Waals surface area contributed by atoms with Gasteiger partial charge in [0.2, 0.25) is 0 Å². The van der Waals surface area contributed by atoms with Gasteiger partial charge in [-0.2, -0.15) is 0 Å². The molecule has 0 bridgehead atoms. The van der Waals surface area contributed by atoms with Crippen molar-refractivity contribution in [3.63, 3.8) is 0 Å². The highest BCUT2D eigenvalue weighted by Crippen LogP contribution is 2.31. The van der Waals surface area contributed by atoms with Crippen LogP contribution in [0.4, 0.5) is 26.4 Å². The summed E-state index contributed by atoms with van der Waals surface area (Å²) < 4.78 is 16.3. The van der Waals surface area contributed by atoms with Crippen LogP contribution >= 0.6 is 0 Å². The second-order valence-corrected chi connectivity index (χ2v) is 7.89. The number of carbonyl (C=O) groups is 2. The van der Waals surface area contributed by atoms with Crippen LogP contribution in [0, 0.1) is 12.7 Å². The predicted molar refractivity (Wildman–Crippen MR) is 123 cm³/mol. The Morgan fingerprint density at radius 1 is 1.15 bits per heavy atom. The summed E-state index contributed by atoms with van der Waals surface area (Å²) in [4.78, 5) is 39.1. The number of nitrogens with zero attached hydrogens (tertiary/aromatic N) is 5. The molecule has 10 heteroatoms. The zero-order valence-electron chi connectivity index (χ0n) is 18.3. The molecule has 0 unspecified atom stereocenters. The maximum atomic E-state index is 14.5. The van der Waals surface area contributed by atoms with E-state index in [4.69, 9.17) is 11.5 Å². The summed E-state index contributed by atoms with van der Waals surface area (Å²) in [6, 6.07) is 4.84. The van der Waals surface area contributed by atoms with Gasteiger partial charge >= 0.3 is 6.03 Å². The van der Waals surface area contributed by atoms with Gasteiger partial charge in [-0.3, -0.25) is 14.7 Å². The number of halogens is 1. The molecule has 9 nitrogen and oxygen atoms in total. The molecular weight excluding hydrogens is 425 g/mol. The van der Waals surface area contributed by atoms with Gasteiger partial charge in [0, 0.05) is 24.0 Å². The van der Waals surface area contributed by atoms with Crippen molar-refractivity contribution in [1.29, 1.82) is 0 Å². The first-order chi connectivity index (χ1) is 15.7. The summed E-state index contributed by atoms with van der Waals surface area (Å²) in [7, 11) is 0. The van der Waals surface area contributed by atoms with Crippen molar-refractivity contribution in [2.75, 3.05) is 10.6 Å². The fraction of sp³-hybridized carbons (Fsp3) is 0.174. The minimum absolute atomic E-state index is 0.0162. The number of primary amides is 1. The van der Waals surface area contributed by atoms with Crippen LogP contribution in [0.2, 0.25) is 0 Å². The molecule has 4 N–H and O–H groups in total. The van der Waals surface area contributed by atoms with Crippen molar-refractivity contribution in [2.24, 2.45) is 5.73 Å². The van der Waals surface area contributed by atoms with Gasteiger partial charge < -0.3 is 16.0 Å². The molecule has 0 saturated heterocycles. The number of aryl methyl sites for hydroxylation is 1. The number of hydrogen-bond donors (Lipinski definition) is 2. The molecule has 0 aliphatic rings. The molecule has 0 spiro atoms. The van der Waals surface area contributed by atoms with Gasteiger partial charge in [-0.1, -0.05) is 6.07 Å². The first kappa shape index (κ1) is 21.9. The van der Waals surface area contributed by atoms with Crippen LogP contribution in [0.1, 0.15) is 41.4 Å². The smallest absolute Gasteiger partial charge is 0.324 e. The first-order valence-corrected chi connectivity index (χ1v) is 10.2. The van der Waals surface area contributed by atoms with Crippen LogP contribution in [-0.4, -0.2) is 31.3 Å². The molecule has 0 atom stereocenters. The lowest BCUT2D eigenvalue weighted by molar-refractivity contribution is 0.103. The number of nitrogen functional groups attached to an aromatic ring is 1. The molecule has 1 aromatic carbocycles. The molecule has 0 radical (unpaired) electrons. The van der Waals surface area contributed by atoms with E-state index >= 15 is 0 Å². The summed E-state index contributed by atoms with van der Waals surface area (Å²) in [6.45, 7) is 5.67. The molecule has 0 saturated carbocycles. The van der Waals surface area contributed by atoms with Crippen molar-refractivity contribution in [1.82, 2.24) is 19.5 Å². The van der Waals surface area contributed by atoms with Crippen LogP contribution in [0.3, 0.4) is 0 Å². The molecule has 2 amide bonds. The predicted octanol–water partition coefficient (Wildman–Crippen LogP) is 3.88. The third-order valence-electron chi connectivity index (χ3n) is 5.25. The number of nitrogens with two attached hydrogens (primary N) is 2. The quantitative estimate of drug-likeness (QED) is 0.446. The van der Waals surface area contributed by atoms with Crippen molar-refractivity contribution in [2.45, 2.75) is 26.8 Å². The Hall–Kier alpha value is -4.34. The van der Waals surface area contributed by atoms with Gasteiger partial charge in [-0.15, -0.1) is 0 Å². The molecular formula is C23H22FN7O2. The van der Waals surface area contributed by atoms with E-state index in [1.54, 1.807) is 19.2 Å². The zero-order chi connectivity index (χ0) is 23.9. The SMILES string of the molecule is Cc1ccc(F)c(N(C(N)=O)c2cncc(C(=O)c3cn(C(C)C)c4ncnc(N)c34)c2)c1. The Labute approximate surface area is 188 Å². The summed E-state index contributed by atoms with van der Waals surface area (Å²) in [5, 5.41) is 0.429. The number of fused-ring (bicyclic) bond motifs is 1. The third-order valence-corrected chi connectivity index (χ3v) is 5.25. The second-order valence-electron chi connectivity index (χ2n) is 7.89. The van der Waals surface area contributed by atoms with E-state index in [1.165, 1.54) is 36.9 Å². The van der Waals surface area contributed by atoms with E-state index in [-0.39, 0.29) is 28.8 Å². The van der Waals surface area contributed by atoms with Crippen LogP contribution in [-0.2, 0) is 0 Å². The number of amides is 2. The maximum Gasteiger partial charge on any atom is 0.324 e. The van der Waals surface area contributed by atoms with E-state index in [2.05, 4.69) is 15.0 Å². The van der Waals surface area contributed by atoms with Crippen molar-refractivity contribution in [3.8, 4) is 0 Å². The normalized spacial score (nSPS) is 11.2. The Kier molecular flexibility index (Phi) is 5.50. The van der Waals surface area contributed by atoms with E-state index in [0.717, 1.165) is 10.5 Å². The number of urea groups is 1. The van der Waals surface area contributed by atoms with Crippen LogP contribution in [0.15, 0.2) is 49.2 Å². The minimum atomic E-state index is -0.917. The standard InChI is InChI=1S/C23H22FN7O2/c1-12(2)30-10-16(19-21(25)28-11-29-22(19)30)20(32)14-7-15(9-27-8-14)31(23(26)33)18-6-13(3)4-5-17(18)24/h4-12H,1-3H3,(H2,26,33)(H2,25,28,29). The highest BCUT2D eigenvalue weighted by molar-refractivity contribution is 6.18. The van der Waals surface area contributed by atoms with Crippen LogP contribution in [0.25, 0.3) is 11.0 Å². The number of pyridine rings is 1. The second kappa shape index (κ2) is 8.30. The number of hydrogen-bond acceptors (Lipinski definition) is 6. The fourth-order valence-corrected chi connectivity index (χ4v) is 3.68. The molecule has 3 heterocycles. The monoisotopic (exact) mass is 447 g/mol. The number of rotatable bonds is 5. The van der Waals surface area contributed by atoms with Crippen LogP contribution in [0.5, 0.6) is 0 Å². The zero-order valence-corrected chi connectivity index (χ0v) is 18.3. The van der Waals surface area contributed by atoms with Crippen LogP contribution < -0.4 is 16.4 Å². The van der Waals surface area contributed by atoms with E-state index < -0.39 is 17.6 Å². The Morgan fingerprint density at radius 3 is 2.61 bits per heavy atom. The summed E-state index contributed by atoms with van der Waals surface area (Å²) >= 11 is 0. The number of benzene rings is 1. The molecule has 168 valence electrons. The highest BCUT2D eigenvalue weighted by atomic mass is 19.1. The first-order valence-electron chi connectivity index (χ1n) is 10.2. The molecule has 0 aliphatic carbocycles. The van der Waals surface area contributed by atoms with Crippen molar-refractivity contribution >= 4 is 40.0 Å². The lowest BCUT2D eigenvalue weighted by Crippen LogP contribution is -2.32. The summed E-state index contributed by atoms with van der Waals surface area (Å²) in [5.74, 6) is -0.863. The Morgan fingerprint density at radius 2 is 1.91 bits per heavy atom. The Bertz CT molecular complexity index is 1400. The van der Waals surface area contributed by atoms with Gasteiger partial charge in [0.25, 0.3) is 0 Å². The average Bonchev–Trinajstić information content (AvgIpc) is 3.17. The average molecular weight is 447 g/mol. The maximum absolute atomic E-state index is 14.5. The molecule has 3 aromatic heterocycles. The van der Waals surface area contributed by atoms with Crippen molar-refractivity contribution in [3.05, 3.63) is 71.7 Å². The number of anilines is 3. The molecule has 0 fully saturated rings. The van der Waals surface area contributed by atoms with Gasteiger partial charge in [0.15, 0.2) is 5.78 Å². The number of aromatic nitrogens is 4. The lowest BCUT2D eigenvalue weighted by Gasteiger charge is -2.21. The molecule has 4 aromatic rings. The fourth-order valence-electron chi connectivity index (χ4n) is 3.68. The topological polar surface area (TPSA) is 133 Å². The van der Waals surface area contributed by atoms with E-state index in [9.17, 15) is 14.0 Å².